The molecule has 11 N–H and O–H groups in total. The van der Waals surface area contributed by atoms with Crippen LogP contribution in [0.3, 0.4) is 0 Å². The zero-order chi connectivity index (χ0) is 35.9. The molecule has 0 bridgehead atoms. The molecule has 3 heterocycles. The Kier molecular flexibility index (Phi) is 11.0. The summed E-state index contributed by atoms with van der Waals surface area (Å²) in [6.45, 7) is 1.76. The highest BCUT2D eigenvalue weighted by atomic mass is 16.7. The van der Waals surface area contributed by atoms with Crippen molar-refractivity contribution in [2.45, 2.75) is 106 Å². The smallest absolute Gasteiger partial charge is 0.229 e. The van der Waals surface area contributed by atoms with Gasteiger partial charge in [0.05, 0.1) is 18.8 Å². The minimum atomic E-state index is -1.84. The molecule has 0 radical (unpaired) electrons. The van der Waals surface area contributed by atoms with Crippen LogP contribution in [-0.4, -0.2) is 148 Å². The predicted molar refractivity (Wildman–Crippen MR) is 162 cm³/mol. The number of aliphatic hydroxyl groups is 9. The third kappa shape index (κ3) is 7.34. The molecule has 49 heavy (non-hydrogen) atoms. The maximum atomic E-state index is 13.5. The molecule has 12 atom stereocenters. The first-order valence-corrected chi connectivity index (χ1v) is 15.6. The number of aliphatic hydroxyl groups excluding tert-OH is 9. The number of benzene rings is 2. The van der Waals surface area contributed by atoms with Crippen molar-refractivity contribution in [2.24, 2.45) is 0 Å². The summed E-state index contributed by atoms with van der Waals surface area (Å²) in [5.41, 5.74) is -1.25. The lowest BCUT2D eigenvalue weighted by atomic mass is 9.88. The number of phenols is 2. The van der Waals surface area contributed by atoms with Crippen molar-refractivity contribution in [2.75, 3.05) is 13.2 Å². The highest BCUT2D eigenvalue weighted by molar-refractivity contribution is 6.06. The molecule has 2 aromatic carbocycles. The number of hydrogen-bond acceptors (Lipinski definition) is 17. The van der Waals surface area contributed by atoms with Gasteiger partial charge in [0.15, 0.2) is 18.5 Å². The van der Waals surface area contributed by atoms with Crippen molar-refractivity contribution in [1.29, 1.82) is 0 Å². The van der Waals surface area contributed by atoms with Gasteiger partial charge in [-0.1, -0.05) is 12.1 Å². The zero-order valence-corrected chi connectivity index (χ0v) is 26.5. The molecule has 2 aromatic rings. The Hall–Kier alpha value is -3.17. The summed E-state index contributed by atoms with van der Waals surface area (Å²) in [5, 5.41) is 113. The van der Waals surface area contributed by atoms with Gasteiger partial charge in [0.2, 0.25) is 12.1 Å². The third-order valence-corrected chi connectivity index (χ3v) is 8.94. The first-order valence-electron chi connectivity index (χ1n) is 15.6. The first-order chi connectivity index (χ1) is 23.1. The van der Waals surface area contributed by atoms with E-state index in [2.05, 4.69) is 0 Å². The second-order valence-electron chi connectivity index (χ2n) is 12.9. The molecule has 3 aliphatic heterocycles. The van der Waals surface area contributed by atoms with E-state index in [1.54, 1.807) is 13.8 Å². The Bertz CT molecular complexity index is 1460. The molecule has 2 fully saturated rings. The van der Waals surface area contributed by atoms with Gasteiger partial charge in [-0.2, -0.15) is 0 Å². The van der Waals surface area contributed by atoms with Crippen LogP contribution in [0.15, 0.2) is 30.3 Å². The molecule has 3 aliphatic rings. The van der Waals surface area contributed by atoms with Crippen LogP contribution in [0.2, 0.25) is 0 Å². The van der Waals surface area contributed by atoms with Gasteiger partial charge in [-0.15, -0.1) is 0 Å². The number of fused-ring (bicyclic) bond motifs is 1. The standard InChI is InChI=1S/C32H42O17/c1-32(2,49-31-27(44)24(41)21(38)18(11-34)47-31)8-7-14-16(45-30-26(43)23(40)20(37)17(10-33)46-30)9-15(36)19-22(39)25(42)28(48-29(14)19)12-3-5-13(35)6-4-12/h3-6,9,17-18,20-21,23-28,30-31,33-38,40-44H,7-8,10-11H2,1-2H3. The molecule has 12 unspecified atom stereocenters. The second-order valence-corrected chi connectivity index (χ2v) is 12.9. The summed E-state index contributed by atoms with van der Waals surface area (Å²) in [6.07, 6.45) is -19.3. The molecule has 5 rings (SSSR count). The number of ether oxygens (including phenoxy) is 5. The summed E-state index contributed by atoms with van der Waals surface area (Å²) in [4.78, 5) is 13.5. The molecule has 0 saturated carbocycles. The number of hydrogen-bond donors (Lipinski definition) is 11. The maximum absolute atomic E-state index is 13.5. The highest BCUT2D eigenvalue weighted by Crippen LogP contribution is 2.47. The fraction of sp³-hybridized carbons (Fsp3) is 0.594. The van der Waals surface area contributed by atoms with Crippen LogP contribution in [0.1, 0.15) is 47.9 Å². The molecule has 17 nitrogen and oxygen atoms in total. The van der Waals surface area contributed by atoms with Crippen molar-refractivity contribution in [1.82, 2.24) is 0 Å². The number of phenolic OH excluding ortho intramolecular Hbond substituents is 2. The van der Waals surface area contributed by atoms with Crippen LogP contribution in [0.25, 0.3) is 0 Å². The molecule has 272 valence electrons. The number of Topliss-reactive ketones (excluding diaryl/α,β-unsaturated/α-hetero) is 1. The van der Waals surface area contributed by atoms with E-state index >= 15 is 0 Å². The summed E-state index contributed by atoms with van der Waals surface area (Å²) in [6, 6.07) is 6.50. The van der Waals surface area contributed by atoms with Gasteiger partial charge in [0.25, 0.3) is 0 Å². The summed E-state index contributed by atoms with van der Waals surface area (Å²) < 4.78 is 29.0. The van der Waals surface area contributed by atoms with E-state index in [9.17, 15) is 61.0 Å². The summed E-state index contributed by atoms with van der Waals surface area (Å²) in [5.74, 6) is -2.12. The van der Waals surface area contributed by atoms with E-state index in [4.69, 9.17) is 23.7 Å². The topological polar surface area (TPSA) is 286 Å². The van der Waals surface area contributed by atoms with Crippen molar-refractivity contribution in [3.8, 4) is 23.0 Å². The Morgan fingerprint density at radius 1 is 0.776 bits per heavy atom. The van der Waals surface area contributed by atoms with E-state index < -0.39 is 110 Å². The van der Waals surface area contributed by atoms with E-state index in [0.29, 0.717) is 5.56 Å². The Morgan fingerprint density at radius 3 is 1.90 bits per heavy atom. The molecule has 0 amide bonds. The van der Waals surface area contributed by atoms with Crippen molar-refractivity contribution >= 4 is 5.78 Å². The number of carbonyl (C=O) groups is 1. The largest absolute Gasteiger partial charge is 0.508 e. The van der Waals surface area contributed by atoms with Crippen LogP contribution in [0, 0.1) is 0 Å². The van der Waals surface area contributed by atoms with Crippen molar-refractivity contribution in [3.63, 3.8) is 0 Å². The van der Waals surface area contributed by atoms with Gasteiger partial charge in [-0.05, 0) is 44.4 Å². The quantitative estimate of drug-likeness (QED) is 0.122. The molecule has 2 saturated heterocycles. The van der Waals surface area contributed by atoms with Crippen LogP contribution < -0.4 is 9.47 Å². The molecule has 0 spiro atoms. The van der Waals surface area contributed by atoms with Crippen LogP contribution in [0.4, 0.5) is 0 Å². The van der Waals surface area contributed by atoms with Crippen LogP contribution in [0.5, 0.6) is 23.0 Å². The molecule has 0 aromatic heterocycles. The monoisotopic (exact) mass is 698 g/mol. The predicted octanol–water partition coefficient (Wildman–Crippen LogP) is -2.52. The van der Waals surface area contributed by atoms with Crippen LogP contribution >= 0.6 is 0 Å². The van der Waals surface area contributed by atoms with E-state index in [0.717, 1.165) is 6.07 Å². The van der Waals surface area contributed by atoms with Gasteiger partial charge in [-0.3, -0.25) is 4.79 Å². The fourth-order valence-corrected chi connectivity index (χ4v) is 6.02. The SMILES string of the molecule is CC(C)(CCc1c(OC2OC(CO)C(O)C(O)C2O)cc(O)c2c1OC(c1ccc(O)cc1)C(O)C2=O)OC1OC(CO)C(O)C(O)C1O. The van der Waals surface area contributed by atoms with E-state index in [-0.39, 0.29) is 35.7 Å². The molecular weight excluding hydrogens is 656 g/mol. The summed E-state index contributed by atoms with van der Waals surface area (Å²) in [7, 11) is 0. The fourth-order valence-electron chi connectivity index (χ4n) is 6.02. The Labute approximate surface area is 279 Å². The van der Waals surface area contributed by atoms with E-state index in [1.807, 2.05) is 0 Å². The second kappa shape index (κ2) is 14.6. The van der Waals surface area contributed by atoms with Gasteiger partial charge in [0, 0.05) is 11.6 Å². The molecule has 0 aliphatic carbocycles. The lowest BCUT2D eigenvalue weighted by Crippen LogP contribution is -2.60. The average molecular weight is 699 g/mol. The number of carbonyl (C=O) groups excluding carboxylic acids is 1. The number of rotatable bonds is 10. The number of ketones is 1. The highest BCUT2D eigenvalue weighted by Gasteiger charge is 2.48. The lowest BCUT2D eigenvalue weighted by Gasteiger charge is -2.42. The zero-order valence-electron chi connectivity index (χ0n) is 26.5. The molecule has 17 heteroatoms. The molecular formula is C32H42O17. The third-order valence-electron chi connectivity index (χ3n) is 8.94. The Morgan fingerprint density at radius 2 is 1.33 bits per heavy atom. The lowest BCUT2D eigenvalue weighted by molar-refractivity contribution is -0.323. The van der Waals surface area contributed by atoms with E-state index in [1.165, 1.54) is 24.3 Å². The Balaban J connectivity index is 1.51. The van der Waals surface area contributed by atoms with Crippen molar-refractivity contribution < 1.29 is 84.7 Å². The van der Waals surface area contributed by atoms with Gasteiger partial charge < -0.3 is 79.9 Å². The van der Waals surface area contributed by atoms with Crippen LogP contribution in [-0.2, 0) is 20.6 Å². The maximum Gasteiger partial charge on any atom is 0.229 e. The first kappa shape index (κ1) is 37.1. The van der Waals surface area contributed by atoms with Gasteiger partial charge in [0.1, 0.15) is 77.4 Å². The minimum absolute atomic E-state index is 0.00819. The van der Waals surface area contributed by atoms with Crippen molar-refractivity contribution in [3.05, 3.63) is 47.0 Å². The average Bonchev–Trinajstić information content (AvgIpc) is 3.06. The summed E-state index contributed by atoms with van der Waals surface area (Å²) >= 11 is 0. The van der Waals surface area contributed by atoms with Gasteiger partial charge >= 0.3 is 0 Å². The minimum Gasteiger partial charge on any atom is -0.508 e. The number of aromatic hydroxyl groups is 2. The normalized spacial score (nSPS) is 35.0. The van der Waals surface area contributed by atoms with Gasteiger partial charge in [-0.25, -0.2) is 0 Å².